The largest absolute Gasteiger partial charge is 0.444 e. The molecule has 0 saturated carbocycles. The Kier molecular flexibility index (Phi) is 8.96. The molecule has 2 aromatic rings. The molecule has 0 radical (unpaired) electrons. The molecule has 0 atom stereocenters. The van der Waals surface area contributed by atoms with E-state index in [0.29, 0.717) is 11.3 Å². The molecule has 3 N–H and O–H groups in total. The van der Waals surface area contributed by atoms with Gasteiger partial charge in [-0.15, -0.1) is 0 Å². The second-order valence-corrected chi connectivity index (χ2v) is 9.69. The number of carbonyl (C=O) groups is 5. The summed E-state index contributed by atoms with van der Waals surface area (Å²) in [5.74, 6) is -2.01. The van der Waals surface area contributed by atoms with Gasteiger partial charge >= 0.3 is 6.09 Å². The second kappa shape index (κ2) is 12.2. The SMILES string of the molecule is CC(C)(C)OC(=O)NCC(=O)Nc1ccccc1CNC(=O)CCCN1C(=O)c2ccc([N+](=O)[O-])cc2C1=O. The lowest BCUT2D eigenvalue weighted by atomic mass is 10.1. The highest BCUT2D eigenvalue weighted by Crippen LogP contribution is 2.27. The highest BCUT2D eigenvalue weighted by atomic mass is 16.6. The van der Waals surface area contributed by atoms with Crippen molar-refractivity contribution in [1.82, 2.24) is 15.5 Å². The molecule has 0 saturated heterocycles. The maximum Gasteiger partial charge on any atom is 0.408 e. The summed E-state index contributed by atoms with van der Waals surface area (Å²) in [5.41, 5.74) is 0.159. The summed E-state index contributed by atoms with van der Waals surface area (Å²) in [6.45, 7) is 4.89. The summed E-state index contributed by atoms with van der Waals surface area (Å²) in [6, 6.07) is 10.3. The molecule has 2 aromatic carbocycles. The molecule has 1 aliphatic heterocycles. The van der Waals surface area contributed by atoms with Gasteiger partial charge in [0.1, 0.15) is 12.1 Å². The summed E-state index contributed by atoms with van der Waals surface area (Å²) in [5, 5.41) is 18.7. The van der Waals surface area contributed by atoms with Gasteiger partial charge in [0.15, 0.2) is 0 Å². The second-order valence-electron chi connectivity index (χ2n) is 9.69. The fraction of sp³-hybridized carbons (Fsp3) is 0.346. The number of anilines is 1. The number of rotatable bonds is 10. The number of hydrogen-bond acceptors (Lipinski definition) is 8. The molecule has 13 heteroatoms. The summed E-state index contributed by atoms with van der Waals surface area (Å²) in [6.07, 6.45) is -0.517. The van der Waals surface area contributed by atoms with Gasteiger partial charge < -0.3 is 20.7 Å². The number of fused-ring (bicyclic) bond motifs is 1. The van der Waals surface area contributed by atoms with Crippen LogP contribution in [0.15, 0.2) is 42.5 Å². The molecule has 0 spiro atoms. The molecule has 0 aromatic heterocycles. The predicted molar refractivity (Wildman–Crippen MR) is 139 cm³/mol. The molecule has 13 nitrogen and oxygen atoms in total. The Bertz CT molecular complexity index is 1320. The number of nitrogens with one attached hydrogen (secondary N) is 3. The van der Waals surface area contributed by atoms with Gasteiger partial charge in [0, 0.05) is 37.3 Å². The Hall–Kier alpha value is -4.81. The van der Waals surface area contributed by atoms with Crippen molar-refractivity contribution in [2.24, 2.45) is 0 Å². The maximum atomic E-state index is 12.6. The Morgan fingerprint density at radius 1 is 0.974 bits per heavy atom. The monoisotopic (exact) mass is 539 g/mol. The number of benzene rings is 2. The molecule has 206 valence electrons. The van der Waals surface area contributed by atoms with Gasteiger partial charge in [-0.25, -0.2) is 4.79 Å². The van der Waals surface area contributed by atoms with Gasteiger partial charge in [-0.2, -0.15) is 0 Å². The van der Waals surface area contributed by atoms with E-state index in [4.69, 9.17) is 4.74 Å². The van der Waals surface area contributed by atoms with E-state index in [2.05, 4.69) is 16.0 Å². The Balaban J connectivity index is 1.46. The summed E-state index contributed by atoms with van der Waals surface area (Å²) >= 11 is 0. The van der Waals surface area contributed by atoms with Crippen LogP contribution in [0, 0.1) is 10.1 Å². The number of ether oxygens (including phenoxy) is 1. The number of nitrogens with zero attached hydrogens (tertiary/aromatic N) is 2. The van der Waals surface area contributed by atoms with E-state index >= 15 is 0 Å². The van der Waals surface area contributed by atoms with Gasteiger partial charge in [0.05, 0.1) is 16.1 Å². The number of non-ortho nitro benzene ring substituents is 1. The molecule has 5 amide bonds. The number of carbonyl (C=O) groups excluding carboxylic acids is 5. The van der Waals surface area contributed by atoms with Crippen LogP contribution in [0.1, 0.15) is 59.9 Å². The van der Waals surface area contributed by atoms with Crippen molar-refractivity contribution in [3.63, 3.8) is 0 Å². The van der Waals surface area contributed by atoms with Crippen LogP contribution >= 0.6 is 0 Å². The van der Waals surface area contributed by atoms with Gasteiger partial charge in [0.2, 0.25) is 11.8 Å². The molecule has 0 fully saturated rings. The minimum absolute atomic E-state index is 0.0158. The molecule has 0 aliphatic carbocycles. The van der Waals surface area contributed by atoms with Crippen molar-refractivity contribution >= 4 is 41.1 Å². The molecular formula is C26H29N5O8. The van der Waals surface area contributed by atoms with Crippen molar-refractivity contribution in [1.29, 1.82) is 0 Å². The lowest BCUT2D eigenvalue weighted by Crippen LogP contribution is -2.37. The fourth-order valence-electron chi connectivity index (χ4n) is 3.73. The van der Waals surface area contributed by atoms with E-state index < -0.39 is 34.3 Å². The predicted octanol–water partition coefficient (Wildman–Crippen LogP) is 2.75. The minimum Gasteiger partial charge on any atom is -0.444 e. The molecule has 0 unspecified atom stereocenters. The van der Waals surface area contributed by atoms with E-state index in [1.165, 1.54) is 12.1 Å². The van der Waals surface area contributed by atoms with E-state index in [1.54, 1.807) is 45.0 Å². The third kappa shape index (κ3) is 7.84. The first-order chi connectivity index (χ1) is 18.4. The minimum atomic E-state index is -0.722. The first-order valence-electron chi connectivity index (χ1n) is 12.1. The number of alkyl carbamates (subject to hydrolysis) is 1. The number of nitro benzene ring substituents is 1. The third-order valence-electron chi connectivity index (χ3n) is 5.51. The first-order valence-corrected chi connectivity index (χ1v) is 12.1. The molecule has 39 heavy (non-hydrogen) atoms. The average Bonchev–Trinajstić information content (AvgIpc) is 3.10. The summed E-state index contributed by atoms with van der Waals surface area (Å²) in [7, 11) is 0. The number of nitro groups is 1. The van der Waals surface area contributed by atoms with Crippen LogP contribution in [0.2, 0.25) is 0 Å². The normalized spacial score (nSPS) is 12.5. The zero-order chi connectivity index (χ0) is 28.7. The number of para-hydroxylation sites is 1. The average molecular weight is 540 g/mol. The molecule has 0 bridgehead atoms. The van der Waals surface area contributed by atoms with Crippen LogP contribution < -0.4 is 16.0 Å². The maximum absolute atomic E-state index is 12.6. The lowest BCUT2D eigenvalue weighted by Gasteiger charge is -2.19. The van der Waals surface area contributed by atoms with Crippen LogP contribution in [-0.4, -0.2) is 58.2 Å². The van der Waals surface area contributed by atoms with Crippen LogP contribution in [0.25, 0.3) is 0 Å². The van der Waals surface area contributed by atoms with Gasteiger partial charge in [-0.1, -0.05) is 18.2 Å². The summed E-state index contributed by atoms with van der Waals surface area (Å²) < 4.78 is 5.09. The zero-order valence-corrected chi connectivity index (χ0v) is 21.7. The van der Waals surface area contributed by atoms with Crippen molar-refractivity contribution in [2.75, 3.05) is 18.4 Å². The Labute approximate surface area is 224 Å². The van der Waals surface area contributed by atoms with Crippen molar-refractivity contribution in [2.45, 2.75) is 45.8 Å². The number of imide groups is 1. The van der Waals surface area contributed by atoms with Crippen LogP contribution in [-0.2, 0) is 20.9 Å². The highest BCUT2D eigenvalue weighted by Gasteiger charge is 2.36. The molecule has 3 rings (SSSR count). The smallest absolute Gasteiger partial charge is 0.408 e. The number of amides is 5. The van der Waals surface area contributed by atoms with Gasteiger partial charge in [-0.3, -0.25) is 34.2 Å². The fourth-order valence-corrected chi connectivity index (χ4v) is 3.73. The van der Waals surface area contributed by atoms with E-state index in [9.17, 15) is 34.1 Å². The van der Waals surface area contributed by atoms with Crippen molar-refractivity contribution < 1.29 is 33.6 Å². The van der Waals surface area contributed by atoms with Crippen LogP contribution in [0.5, 0.6) is 0 Å². The topological polar surface area (TPSA) is 177 Å². The zero-order valence-electron chi connectivity index (χ0n) is 21.7. The molecule has 1 aliphatic rings. The summed E-state index contributed by atoms with van der Waals surface area (Å²) in [4.78, 5) is 72.8. The Morgan fingerprint density at radius 2 is 1.67 bits per heavy atom. The third-order valence-corrected chi connectivity index (χ3v) is 5.51. The highest BCUT2D eigenvalue weighted by molar-refractivity contribution is 6.21. The first kappa shape index (κ1) is 28.8. The van der Waals surface area contributed by atoms with E-state index in [1.807, 2.05) is 0 Å². The Morgan fingerprint density at radius 3 is 2.36 bits per heavy atom. The van der Waals surface area contributed by atoms with Crippen molar-refractivity contribution in [3.05, 3.63) is 69.3 Å². The van der Waals surface area contributed by atoms with Gasteiger partial charge in [0.25, 0.3) is 17.5 Å². The van der Waals surface area contributed by atoms with Crippen LogP contribution in [0.4, 0.5) is 16.2 Å². The van der Waals surface area contributed by atoms with E-state index in [0.717, 1.165) is 11.0 Å². The van der Waals surface area contributed by atoms with Gasteiger partial charge in [-0.05, 0) is 44.9 Å². The van der Waals surface area contributed by atoms with Crippen LogP contribution in [0.3, 0.4) is 0 Å². The lowest BCUT2D eigenvalue weighted by molar-refractivity contribution is -0.384. The van der Waals surface area contributed by atoms with Crippen molar-refractivity contribution in [3.8, 4) is 0 Å². The molecular weight excluding hydrogens is 510 g/mol. The molecule has 1 heterocycles. The van der Waals surface area contributed by atoms with E-state index in [-0.39, 0.29) is 55.2 Å². The number of hydrogen-bond donors (Lipinski definition) is 3. The standard InChI is InChI=1S/C26H29N5O8/c1-26(2,3)39-25(36)28-15-22(33)29-20-8-5-4-7-16(20)14-27-21(32)9-6-12-30-23(34)18-11-10-17(31(37)38)13-19(18)24(30)35/h4-5,7-8,10-11,13H,6,9,12,14-15H2,1-3H3,(H,27,32)(H,28,36)(H,29,33). The quantitative estimate of drug-likeness (QED) is 0.234.